The molecule has 1 unspecified atom stereocenters. The summed E-state index contributed by atoms with van der Waals surface area (Å²) in [6.45, 7) is 0. The third-order valence-electron chi connectivity index (χ3n) is 2.58. The molecule has 1 aromatic heterocycles. The second-order valence-corrected chi connectivity index (χ2v) is 4.14. The van der Waals surface area contributed by atoms with Crippen LogP contribution in [0.15, 0.2) is 48.7 Å². The Morgan fingerprint density at radius 3 is 2.59 bits per heavy atom. The summed E-state index contributed by atoms with van der Waals surface area (Å²) >= 11 is 6.08. The minimum atomic E-state index is -0.254. The molecule has 0 saturated carbocycles. The highest BCUT2D eigenvalue weighted by Crippen LogP contribution is 2.23. The summed E-state index contributed by atoms with van der Waals surface area (Å²) in [6, 6.07) is 15.5. The molecule has 0 N–H and O–H groups in total. The van der Waals surface area contributed by atoms with Crippen LogP contribution in [0.4, 0.5) is 0 Å². The van der Waals surface area contributed by atoms with Crippen LogP contribution < -0.4 is 0 Å². The molecule has 0 spiro atoms. The first-order valence-corrected chi connectivity index (χ1v) is 5.73. The van der Waals surface area contributed by atoms with E-state index >= 15 is 0 Å². The number of aromatic nitrogens is 1. The van der Waals surface area contributed by atoms with Crippen molar-refractivity contribution in [3.05, 3.63) is 64.9 Å². The molecule has 0 amide bonds. The van der Waals surface area contributed by atoms with Crippen LogP contribution in [0, 0.1) is 11.3 Å². The molecule has 1 atom stereocenters. The lowest BCUT2D eigenvalue weighted by atomic mass is 9.97. The Morgan fingerprint density at radius 2 is 1.94 bits per heavy atom. The predicted molar refractivity (Wildman–Crippen MR) is 67.7 cm³/mol. The summed E-state index contributed by atoms with van der Waals surface area (Å²) in [5.74, 6) is -0.254. The number of rotatable bonds is 3. The summed E-state index contributed by atoms with van der Waals surface area (Å²) in [4.78, 5) is 4.21. The molecule has 2 nitrogen and oxygen atoms in total. The first-order valence-electron chi connectivity index (χ1n) is 5.35. The van der Waals surface area contributed by atoms with Crippen LogP contribution in [-0.4, -0.2) is 4.98 Å². The molecule has 0 aliphatic heterocycles. The van der Waals surface area contributed by atoms with E-state index < -0.39 is 0 Å². The van der Waals surface area contributed by atoms with Crippen LogP contribution in [0.2, 0.25) is 5.02 Å². The van der Waals surface area contributed by atoms with Gasteiger partial charge in [-0.15, -0.1) is 0 Å². The van der Waals surface area contributed by atoms with Gasteiger partial charge in [-0.2, -0.15) is 5.26 Å². The van der Waals surface area contributed by atoms with Crippen molar-refractivity contribution in [3.8, 4) is 6.07 Å². The van der Waals surface area contributed by atoms with Crippen molar-refractivity contribution in [2.45, 2.75) is 12.3 Å². The van der Waals surface area contributed by atoms with E-state index in [-0.39, 0.29) is 5.92 Å². The average molecular weight is 243 g/mol. The fraction of sp³-hybridized carbons (Fsp3) is 0.143. The lowest BCUT2D eigenvalue weighted by molar-refractivity contribution is 0.814. The minimum absolute atomic E-state index is 0.254. The maximum atomic E-state index is 9.20. The Kier molecular flexibility index (Phi) is 3.74. The van der Waals surface area contributed by atoms with Gasteiger partial charge in [0.25, 0.3) is 0 Å². The second kappa shape index (κ2) is 5.47. The molecule has 84 valence electrons. The molecule has 2 aromatic rings. The third kappa shape index (κ3) is 2.83. The summed E-state index contributed by atoms with van der Waals surface area (Å²) < 4.78 is 0. The molecule has 0 fully saturated rings. The van der Waals surface area contributed by atoms with Crippen LogP contribution in [-0.2, 0) is 6.42 Å². The fourth-order valence-electron chi connectivity index (χ4n) is 1.68. The minimum Gasteiger partial charge on any atom is -0.260 e. The van der Waals surface area contributed by atoms with Crippen molar-refractivity contribution in [2.24, 2.45) is 0 Å². The van der Waals surface area contributed by atoms with E-state index in [0.717, 1.165) is 11.3 Å². The van der Waals surface area contributed by atoms with Gasteiger partial charge >= 0.3 is 0 Å². The Hall–Kier alpha value is -1.85. The average Bonchev–Trinajstić information content (AvgIpc) is 2.39. The van der Waals surface area contributed by atoms with Crippen molar-refractivity contribution in [3.63, 3.8) is 0 Å². The highest BCUT2D eigenvalue weighted by atomic mass is 35.5. The van der Waals surface area contributed by atoms with Gasteiger partial charge in [-0.25, -0.2) is 0 Å². The van der Waals surface area contributed by atoms with Crippen LogP contribution >= 0.6 is 11.6 Å². The first-order chi connectivity index (χ1) is 8.31. The van der Waals surface area contributed by atoms with Gasteiger partial charge in [0.05, 0.1) is 17.7 Å². The van der Waals surface area contributed by atoms with Gasteiger partial charge in [-0.3, -0.25) is 4.98 Å². The zero-order chi connectivity index (χ0) is 12.1. The van der Waals surface area contributed by atoms with Crippen LogP contribution in [0.5, 0.6) is 0 Å². The van der Waals surface area contributed by atoms with E-state index in [1.54, 1.807) is 6.20 Å². The lowest BCUT2D eigenvalue weighted by Gasteiger charge is -2.09. The Bertz CT molecular complexity index is 531. The summed E-state index contributed by atoms with van der Waals surface area (Å²) in [5.41, 5.74) is 1.77. The van der Waals surface area contributed by atoms with Crippen LogP contribution in [0.1, 0.15) is 17.2 Å². The van der Waals surface area contributed by atoms with E-state index in [0.29, 0.717) is 11.4 Å². The van der Waals surface area contributed by atoms with Gasteiger partial charge in [0, 0.05) is 11.2 Å². The zero-order valence-corrected chi connectivity index (χ0v) is 9.93. The molecule has 0 bridgehead atoms. The number of pyridine rings is 1. The number of nitrogens with zero attached hydrogens (tertiary/aromatic N) is 2. The maximum Gasteiger partial charge on any atom is 0.0925 e. The SMILES string of the molecule is N#CC(Cc1ccccc1Cl)c1ccccn1. The van der Waals surface area contributed by atoms with Crippen molar-refractivity contribution < 1.29 is 0 Å². The fourth-order valence-corrected chi connectivity index (χ4v) is 1.90. The Balaban J connectivity index is 2.23. The molecule has 1 aromatic carbocycles. The van der Waals surface area contributed by atoms with E-state index in [1.165, 1.54) is 0 Å². The monoisotopic (exact) mass is 242 g/mol. The first kappa shape index (κ1) is 11.6. The van der Waals surface area contributed by atoms with Crippen molar-refractivity contribution in [1.29, 1.82) is 5.26 Å². The molecule has 3 heteroatoms. The van der Waals surface area contributed by atoms with E-state index in [4.69, 9.17) is 11.6 Å². The number of hydrogen-bond donors (Lipinski definition) is 0. The Labute approximate surface area is 105 Å². The summed E-state index contributed by atoms with van der Waals surface area (Å²) in [6.07, 6.45) is 2.29. The molecule has 1 heterocycles. The lowest BCUT2D eigenvalue weighted by Crippen LogP contribution is -2.02. The predicted octanol–water partition coefficient (Wildman–Crippen LogP) is 3.58. The summed E-state index contributed by atoms with van der Waals surface area (Å²) in [5, 5.41) is 9.90. The van der Waals surface area contributed by atoms with Crippen LogP contribution in [0.25, 0.3) is 0 Å². The molecule has 0 saturated heterocycles. The summed E-state index contributed by atoms with van der Waals surface area (Å²) in [7, 11) is 0. The van der Waals surface area contributed by atoms with Gasteiger partial charge in [-0.05, 0) is 30.2 Å². The van der Waals surface area contributed by atoms with Gasteiger partial charge in [0.15, 0.2) is 0 Å². The molecule has 17 heavy (non-hydrogen) atoms. The number of halogens is 1. The van der Waals surface area contributed by atoms with Crippen molar-refractivity contribution in [2.75, 3.05) is 0 Å². The Morgan fingerprint density at radius 1 is 1.18 bits per heavy atom. The number of hydrogen-bond acceptors (Lipinski definition) is 2. The largest absolute Gasteiger partial charge is 0.260 e. The molecule has 0 aliphatic carbocycles. The zero-order valence-electron chi connectivity index (χ0n) is 9.18. The molecular formula is C14H11ClN2. The van der Waals surface area contributed by atoms with E-state index in [9.17, 15) is 5.26 Å². The number of nitriles is 1. The second-order valence-electron chi connectivity index (χ2n) is 3.73. The van der Waals surface area contributed by atoms with E-state index in [1.807, 2.05) is 42.5 Å². The van der Waals surface area contributed by atoms with E-state index in [2.05, 4.69) is 11.1 Å². The number of benzene rings is 1. The molecule has 0 aliphatic rings. The topological polar surface area (TPSA) is 36.7 Å². The highest BCUT2D eigenvalue weighted by molar-refractivity contribution is 6.31. The van der Waals surface area contributed by atoms with Crippen molar-refractivity contribution >= 4 is 11.6 Å². The van der Waals surface area contributed by atoms with Crippen molar-refractivity contribution in [1.82, 2.24) is 4.98 Å². The molecule has 0 radical (unpaired) electrons. The standard InChI is InChI=1S/C14H11ClN2/c15-13-6-2-1-5-11(13)9-12(10-16)14-7-3-4-8-17-14/h1-8,12H,9H2. The smallest absolute Gasteiger partial charge is 0.0925 e. The van der Waals surface area contributed by atoms with Gasteiger partial charge < -0.3 is 0 Å². The van der Waals surface area contributed by atoms with Gasteiger partial charge in [0.1, 0.15) is 0 Å². The highest BCUT2D eigenvalue weighted by Gasteiger charge is 2.13. The third-order valence-corrected chi connectivity index (χ3v) is 2.95. The molecule has 2 rings (SSSR count). The quantitative estimate of drug-likeness (QED) is 0.825. The van der Waals surface area contributed by atoms with Gasteiger partial charge in [-0.1, -0.05) is 35.9 Å². The van der Waals surface area contributed by atoms with Crippen LogP contribution in [0.3, 0.4) is 0 Å². The molecular weight excluding hydrogens is 232 g/mol. The van der Waals surface area contributed by atoms with Gasteiger partial charge in [0.2, 0.25) is 0 Å². The maximum absolute atomic E-state index is 9.20. The normalized spacial score (nSPS) is 11.8.